The Hall–Kier alpha value is -3.43. The summed E-state index contributed by atoms with van der Waals surface area (Å²) in [7, 11) is 1.23. The van der Waals surface area contributed by atoms with Gasteiger partial charge in [0.2, 0.25) is 0 Å². The maximum absolute atomic E-state index is 14.0. The summed E-state index contributed by atoms with van der Waals surface area (Å²) in [6, 6.07) is 6.78. The number of nitrogens with zero attached hydrogens (tertiary/aromatic N) is 5. The van der Waals surface area contributed by atoms with E-state index >= 15 is 0 Å². The molecule has 3 rings (SSSR count). The first-order valence-corrected chi connectivity index (χ1v) is 7.96. The van der Waals surface area contributed by atoms with Crippen LogP contribution in [-0.2, 0) is 16.1 Å². The molecule has 0 aliphatic rings. The number of halogens is 2. The first-order valence-electron chi connectivity index (χ1n) is 7.96. The molecule has 0 spiro atoms. The molecule has 3 aromatic rings. The van der Waals surface area contributed by atoms with Gasteiger partial charge in [0.05, 0.1) is 19.1 Å². The highest BCUT2D eigenvalue weighted by Gasteiger charge is 2.21. The molecule has 0 fully saturated rings. The van der Waals surface area contributed by atoms with Crippen LogP contribution in [0.5, 0.6) is 0 Å². The molecule has 140 valence electrons. The van der Waals surface area contributed by atoms with Gasteiger partial charge in [-0.1, -0.05) is 12.1 Å². The molecular formula is C17H15F2N5O3. The second-order valence-corrected chi connectivity index (χ2v) is 5.67. The summed E-state index contributed by atoms with van der Waals surface area (Å²) in [6.07, 6.45) is 1.33. The predicted octanol–water partition coefficient (Wildman–Crippen LogP) is 1.61. The molecule has 0 N–H and O–H groups in total. The molecule has 0 bridgehead atoms. The number of aromatic nitrogens is 4. The number of benzene rings is 1. The lowest BCUT2D eigenvalue weighted by Gasteiger charge is -2.23. The van der Waals surface area contributed by atoms with Crippen molar-refractivity contribution >= 4 is 17.5 Å². The molecule has 8 nitrogen and oxygen atoms in total. The molecule has 2 heterocycles. The van der Waals surface area contributed by atoms with E-state index in [1.165, 1.54) is 40.9 Å². The minimum atomic E-state index is -1.04. The molecule has 27 heavy (non-hydrogen) atoms. The third-order valence-electron chi connectivity index (χ3n) is 3.93. The fourth-order valence-electron chi connectivity index (χ4n) is 2.51. The summed E-state index contributed by atoms with van der Waals surface area (Å²) in [5.41, 5.74) is 0.678. The molecule has 0 unspecified atom stereocenters. The fraction of sp³-hybridized carbons (Fsp3) is 0.235. The van der Waals surface area contributed by atoms with Crippen LogP contribution in [0.4, 0.5) is 8.78 Å². The van der Waals surface area contributed by atoms with E-state index in [1.807, 2.05) is 0 Å². The topological polar surface area (TPSA) is 89.7 Å². The first-order chi connectivity index (χ1) is 13.0. The van der Waals surface area contributed by atoms with Crippen LogP contribution in [0.2, 0.25) is 0 Å². The van der Waals surface area contributed by atoms with Gasteiger partial charge in [0.1, 0.15) is 0 Å². The van der Waals surface area contributed by atoms with E-state index in [0.717, 1.165) is 6.07 Å². The van der Waals surface area contributed by atoms with Crippen molar-refractivity contribution in [3.8, 4) is 0 Å². The Morgan fingerprint density at radius 3 is 2.81 bits per heavy atom. The lowest BCUT2D eigenvalue weighted by Crippen LogP contribution is -2.33. The smallest absolute Gasteiger partial charge is 0.307 e. The molecule has 1 amide bonds. The third-order valence-corrected chi connectivity index (χ3v) is 3.93. The van der Waals surface area contributed by atoms with Gasteiger partial charge in [-0.15, -0.1) is 5.10 Å². The number of esters is 1. The Morgan fingerprint density at radius 1 is 1.22 bits per heavy atom. The Balaban J connectivity index is 1.88. The Labute approximate surface area is 152 Å². The molecule has 0 atom stereocenters. The Kier molecular flexibility index (Phi) is 5.34. The van der Waals surface area contributed by atoms with Gasteiger partial charge < -0.3 is 9.64 Å². The van der Waals surface area contributed by atoms with Crippen molar-refractivity contribution in [3.63, 3.8) is 0 Å². The number of carbonyl (C=O) groups excluding carboxylic acids is 2. The standard InChI is InChI=1S/C17H15F2N5O3/c1-27-15(25)7-8-23(9-11-3-2-4-13(18)16(11)19)17(26)12-5-6-14-20-21-22-24(14)10-12/h2-6,10H,7-9H2,1H3. The van der Waals surface area contributed by atoms with E-state index in [1.54, 1.807) is 6.07 Å². The summed E-state index contributed by atoms with van der Waals surface area (Å²) in [6.45, 7) is -0.248. The van der Waals surface area contributed by atoms with Gasteiger partial charge in [0.25, 0.3) is 5.91 Å². The molecular weight excluding hydrogens is 360 g/mol. The average molecular weight is 375 g/mol. The number of hydrogen-bond donors (Lipinski definition) is 0. The van der Waals surface area contributed by atoms with Gasteiger partial charge in [-0.3, -0.25) is 9.59 Å². The largest absolute Gasteiger partial charge is 0.469 e. The summed E-state index contributed by atoms with van der Waals surface area (Å²) in [4.78, 5) is 25.6. The van der Waals surface area contributed by atoms with Crippen molar-refractivity contribution in [2.45, 2.75) is 13.0 Å². The first kappa shape index (κ1) is 18.4. The molecule has 2 aromatic heterocycles. The normalized spacial score (nSPS) is 10.8. The number of hydrogen-bond acceptors (Lipinski definition) is 6. The number of amides is 1. The van der Waals surface area contributed by atoms with E-state index in [9.17, 15) is 18.4 Å². The van der Waals surface area contributed by atoms with Crippen LogP contribution >= 0.6 is 0 Å². The van der Waals surface area contributed by atoms with E-state index in [2.05, 4.69) is 20.3 Å². The fourth-order valence-corrected chi connectivity index (χ4v) is 2.51. The van der Waals surface area contributed by atoms with Crippen molar-refractivity contribution < 1.29 is 23.1 Å². The zero-order chi connectivity index (χ0) is 19.4. The number of methoxy groups -OCH3 is 1. The van der Waals surface area contributed by atoms with Crippen molar-refractivity contribution in [2.75, 3.05) is 13.7 Å². The molecule has 0 aliphatic heterocycles. The maximum Gasteiger partial charge on any atom is 0.307 e. The van der Waals surface area contributed by atoms with E-state index in [0.29, 0.717) is 5.65 Å². The summed E-state index contributed by atoms with van der Waals surface area (Å²) in [5, 5.41) is 11.0. The van der Waals surface area contributed by atoms with Crippen LogP contribution in [0.1, 0.15) is 22.3 Å². The van der Waals surface area contributed by atoms with Crippen molar-refractivity contribution in [3.05, 3.63) is 59.3 Å². The number of fused-ring (bicyclic) bond motifs is 1. The van der Waals surface area contributed by atoms with Crippen molar-refractivity contribution in [1.82, 2.24) is 24.9 Å². The highest BCUT2D eigenvalue weighted by Crippen LogP contribution is 2.16. The molecule has 0 saturated carbocycles. The van der Waals surface area contributed by atoms with Gasteiger partial charge in [-0.2, -0.15) is 4.52 Å². The quantitative estimate of drug-likeness (QED) is 0.608. The number of tetrazole rings is 1. The maximum atomic E-state index is 14.0. The Bertz CT molecular complexity index is 992. The van der Waals surface area contributed by atoms with Gasteiger partial charge in [-0.05, 0) is 28.6 Å². The number of rotatable bonds is 6. The van der Waals surface area contributed by atoms with Gasteiger partial charge in [0.15, 0.2) is 17.3 Å². The molecule has 0 aliphatic carbocycles. The van der Waals surface area contributed by atoms with Crippen LogP contribution in [0.3, 0.4) is 0 Å². The van der Waals surface area contributed by atoms with Gasteiger partial charge in [0, 0.05) is 24.8 Å². The minimum Gasteiger partial charge on any atom is -0.469 e. The van der Waals surface area contributed by atoms with Crippen LogP contribution in [0.25, 0.3) is 5.65 Å². The lowest BCUT2D eigenvalue weighted by atomic mass is 10.1. The Morgan fingerprint density at radius 2 is 2.04 bits per heavy atom. The highest BCUT2D eigenvalue weighted by molar-refractivity contribution is 5.94. The number of pyridine rings is 1. The van der Waals surface area contributed by atoms with E-state index in [4.69, 9.17) is 0 Å². The van der Waals surface area contributed by atoms with Crippen LogP contribution < -0.4 is 0 Å². The van der Waals surface area contributed by atoms with Crippen LogP contribution in [0, 0.1) is 11.6 Å². The summed E-state index contributed by atoms with van der Waals surface area (Å²) < 4.78 is 33.4. The minimum absolute atomic E-state index is 0.00304. The SMILES string of the molecule is COC(=O)CCN(Cc1cccc(F)c1F)C(=O)c1ccc2nnnn2c1. The van der Waals surface area contributed by atoms with Gasteiger partial charge in [-0.25, -0.2) is 8.78 Å². The second-order valence-electron chi connectivity index (χ2n) is 5.67. The second kappa shape index (κ2) is 7.85. The zero-order valence-corrected chi connectivity index (χ0v) is 14.3. The number of ether oxygens (including phenoxy) is 1. The predicted molar refractivity (Wildman–Crippen MR) is 88.5 cm³/mol. The molecule has 0 saturated heterocycles. The van der Waals surface area contributed by atoms with Crippen LogP contribution in [0.15, 0.2) is 36.5 Å². The summed E-state index contributed by atoms with van der Waals surface area (Å²) >= 11 is 0. The van der Waals surface area contributed by atoms with Gasteiger partial charge >= 0.3 is 5.97 Å². The molecule has 1 aromatic carbocycles. The third kappa shape index (κ3) is 4.05. The number of carbonyl (C=O) groups is 2. The average Bonchev–Trinajstić information content (AvgIpc) is 3.15. The molecule has 0 radical (unpaired) electrons. The zero-order valence-electron chi connectivity index (χ0n) is 14.3. The molecule has 10 heteroatoms. The van der Waals surface area contributed by atoms with Crippen molar-refractivity contribution in [1.29, 1.82) is 0 Å². The highest BCUT2D eigenvalue weighted by atomic mass is 19.2. The lowest BCUT2D eigenvalue weighted by molar-refractivity contribution is -0.140. The summed E-state index contributed by atoms with van der Waals surface area (Å²) in [5.74, 6) is -3.06. The van der Waals surface area contributed by atoms with Crippen LogP contribution in [-0.4, -0.2) is 50.5 Å². The monoisotopic (exact) mass is 375 g/mol. The van der Waals surface area contributed by atoms with E-state index in [-0.39, 0.29) is 30.6 Å². The van der Waals surface area contributed by atoms with Crippen molar-refractivity contribution in [2.24, 2.45) is 0 Å². The van der Waals surface area contributed by atoms with E-state index < -0.39 is 23.5 Å².